The number of amides is 2. The Morgan fingerprint density at radius 3 is 3.00 bits per heavy atom. The number of piperidine rings is 1. The molecule has 2 aromatic heterocycles. The molecule has 2 aliphatic heterocycles. The largest absolute Gasteiger partial charge is 0.347 e. The molecule has 2 aliphatic rings. The Morgan fingerprint density at radius 1 is 1.31 bits per heavy atom. The third-order valence-corrected chi connectivity index (χ3v) is 8.46. The van der Waals surface area contributed by atoms with Gasteiger partial charge < -0.3 is 10.6 Å². The fourth-order valence-electron chi connectivity index (χ4n) is 3.93. The van der Waals surface area contributed by atoms with Crippen molar-refractivity contribution in [3.8, 4) is 5.13 Å². The molecule has 12 heteroatoms. The summed E-state index contributed by atoms with van der Waals surface area (Å²) in [5.41, 5.74) is 0.395. The number of anilines is 1. The fraction of sp³-hybridized carbons (Fsp3) is 0.300. The number of sulfonamides is 1. The number of carbonyl (C=O) groups excluding carboxylic acids is 2. The van der Waals surface area contributed by atoms with Gasteiger partial charge in [0.1, 0.15) is 10.9 Å². The lowest BCUT2D eigenvalue weighted by Gasteiger charge is -2.31. The fourth-order valence-corrected chi connectivity index (χ4v) is 6.50. The second-order valence-corrected chi connectivity index (χ2v) is 10.5. The summed E-state index contributed by atoms with van der Waals surface area (Å²) in [5, 5.41) is 10.3. The Morgan fingerprint density at radius 2 is 2.19 bits per heavy atom. The summed E-state index contributed by atoms with van der Waals surface area (Å²) in [5.74, 6) is -0.740. The minimum absolute atomic E-state index is 0.0121. The predicted octanol–water partition coefficient (Wildman–Crippen LogP) is 1.75. The van der Waals surface area contributed by atoms with E-state index in [1.807, 2.05) is 0 Å². The number of hydrogen-bond donors (Lipinski definition) is 2. The molecule has 0 bridgehead atoms. The number of rotatable bonds is 4. The molecule has 1 atom stereocenters. The summed E-state index contributed by atoms with van der Waals surface area (Å²) in [6, 6.07) is 5.35. The van der Waals surface area contributed by atoms with Crippen LogP contribution in [0.3, 0.4) is 0 Å². The Bertz CT molecular complexity index is 1290. The molecule has 32 heavy (non-hydrogen) atoms. The third-order valence-electron chi connectivity index (χ3n) is 5.51. The third kappa shape index (κ3) is 3.70. The number of nitrogens with one attached hydrogen (secondary N) is 2. The van der Waals surface area contributed by atoms with E-state index in [4.69, 9.17) is 0 Å². The van der Waals surface area contributed by atoms with Crippen molar-refractivity contribution in [2.45, 2.75) is 36.7 Å². The summed E-state index contributed by atoms with van der Waals surface area (Å²) < 4.78 is 29.1. The van der Waals surface area contributed by atoms with Crippen LogP contribution in [0.5, 0.6) is 0 Å². The first-order chi connectivity index (χ1) is 15.4. The van der Waals surface area contributed by atoms with E-state index in [1.165, 1.54) is 33.8 Å². The lowest BCUT2D eigenvalue weighted by Crippen LogP contribution is -2.47. The van der Waals surface area contributed by atoms with Gasteiger partial charge in [0.25, 0.3) is 5.91 Å². The smallest absolute Gasteiger partial charge is 0.251 e. The number of aromatic nitrogens is 3. The molecule has 2 amide bonds. The molecule has 0 spiro atoms. The van der Waals surface area contributed by atoms with E-state index in [-0.39, 0.29) is 34.5 Å². The first-order valence-corrected chi connectivity index (χ1v) is 12.4. The van der Waals surface area contributed by atoms with E-state index >= 15 is 0 Å². The number of benzene rings is 1. The molecule has 166 valence electrons. The highest BCUT2D eigenvalue weighted by molar-refractivity contribution is 7.89. The van der Waals surface area contributed by atoms with Crippen molar-refractivity contribution in [1.29, 1.82) is 0 Å². The van der Waals surface area contributed by atoms with Crippen LogP contribution in [0.4, 0.5) is 5.69 Å². The number of fused-ring (bicyclic) bond motifs is 2. The number of thiazole rings is 1. The molecule has 0 aliphatic carbocycles. The van der Waals surface area contributed by atoms with Crippen LogP contribution >= 0.6 is 11.3 Å². The van der Waals surface area contributed by atoms with Gasteiger partial charge in [-0.25, -0.2) is 18.1 Å². The molecule has 5 rings (SSSR count). The molecule has 0 saturated carbocycles. The van der Waals surface area contributed by atoms with Crippen LogP contribution in [0.15, 0.2) is 47.8 Å². The molecule has 1 fully saturated rings. The predicted molar refractivity (Wildman–Crippen MR) is 117 cm³/mol. The standard InChI is InChI=1S/C20H20N6O4S2/c27-18(21-11-14-12-22-20(31-14)25-8-3-7-23-25)13-5-6-17-15(10-13)24-19(28)16-4-1-2-9-26(16)32(17,29)30/h3,5-8,10,12,16H,1-2,4,9,11H2,(H,21,27)(H,24,28). The second kappa shape index (κ2) is 8.11. The van der Waals surface area contributed by atoms with Crippen LogP contribution in [0, 0.1) is 0 Å². The monoisotopic (exact) mass is 472 g/mol. The Hall–Kier alpha value is -3.09. The van der Waals surface area contributed by atoms with Gasteiger partial charge in [-0.15, -0.1) is 0 Å². The molecular weight excluding hydrogens is 452 g/mol. The molecule has 1 unspecified atom stereocenters. The summed E-state index contributed by atoms with van der Waals surface area (Å²) >= 11 is 1.40. The zero-order valence-electron chi connectivity index (χ0n) is 16.9. The lowest BCUT2D eigenvalue weighted by atomic mass is 10.0. The summed E-state index contributed by atoms with van der Waals surface area (Å²) in [4.78, 5) is 30.5. The highest BCUT2D eigenvalue weighted by Crippen LogP contribution is 2.34. The minimum atomic E-state index is -3.83. The number of nitrogens with zero attached hydrogens (tertiary/aromatic N) is 4. The first-order valence-electron chi connectivity index (χ1n) is 10.1. The van der Waals surface area contributed by atoms with Gasteiger partial charge in [0.15, 0.2) is 0 Å². The van der Waals surface area contributed by atoms with E-state index in [2.05, 4.69) is 20.7 Å². The maximum absolute atomic E-state index is 13.1. The van der Waals surface area contributed by atoms with E-state index in [1.54, 1.807) is 29.3 Å². The average molecular weight is 473 g/mol. The van der Waals surface area contributed by atoms with Gasteiger partial charge in [-0.3, -0.25) is 9.59 Å². The maximum Gasteiger partial charge on any atom is 0.251 e. The van der Waals surface area contributed by atoms with Gasteiger partial charge in [0, 0.05) is 35.6 Å². The van der Waals surface area contributed by atoms with E-state index in [0.29, 0.717) is 18.1 Å². The van der Waals surface area contributed by atoms with Crippen LogP contribution in [0.2, 0.25) is 0 Å². The van der Waals surface area contributed by atoms with Crippen molar-refractivity contribution >= 4 is 38.9 Å². The van der Waals surface area contributed by atoms with Crippen molar-refractivity contribution < 1.29 is 18.0 Å². The number of hydrogen-bond acceptors (Lipinski definition) is 7. The van der Waals surface area contributed by atoms with Crippen molar-refractivity contribution in [3.63, 3.8) is 0 Å². The highest BCUT2D eigenvalue weighted by Gasteiger charge is 2.41. The highest BCUT2D eigenvalue weighted by atomic mass is 32.2. The van der Waals surface area contributed by atoms with Crippen molar-refractivity contribution in [2.24, 2.45) is 0 Å². The van der Waals surface area contributed by atoms with Crippen LogP contribution in [-0.4, -0.2) is 51.9 Å². The number of carbonyl (C=O) groups is 2. The molecule has 4 heterocycles. The summed E-state index contributed by atoms with van der Waals surface area (Å²) in [6.07, 6.45) is 7.12. The van der Waals surface area contributed by atoms with E-state index in [9.17, 15) is 18.0 Å². The molecule has 0 radical (unpaired) electrons. The Kier molecular flexibility index (Phi) is 5.27. The molecule has 2 N–H and O–H groups in total. The zero-order chi connectivity index (χ0) is 22.3. The van der Waals surface area contributed by atoms with E-state index in [0.717, 1.165) is 17.7 Å². The topological polar surface area (TPSA) is 126 Å². The van der Waals surface area contributed by atoms with E-state index < -0.39 is 16.1 Å². The quantitative estimate of drug-likeness (QED) is 0.596. The first kappa shape index (κ1) is 20.8. The molecule has 3 aromatic rings. The Balaban J connectivity index is 1.35. The van der Waals surface area contributed by atoms with Gasteiger partial charge in [-0.05, 0) is 37.1 Å². The normalized spacial score (nSPS) is 20.0. The zero-order valence-corrected chi connectivity index (χ0v) is 18.5. The van der Waals surface area contributed by atoms with Crippen molar-refractivity contribution in [1.82, 2.24) is 24.4 Å². The Labute approximate surface area is 188 Å². The van der Waals surface area contributed by atoms with Crippen LogP contribution in [0.1, 0.15) is 34.5 Å². The summed E-state index contributed by atoms with van der Waals surface area (Å²) in [6.45, 7) is 0.576. The van der Waals surface area contributed by atoms with Gasteiger partial charge in [-0.1, -0.05) is 17.8 Å². The van der Waals surface area contributed by atoms with Crippen LogP contribution < -0.4 is 10.6 Å². The second-order valence-electron chi connectivity index (χ2n) is 7.57. The van der Waals surface area contributed by atoms with Crippen molar-refractivity contribution in [2.75, 3.05) is 11.9 Å². The maximum atomic E-state index is 13.1. The minimum Gasteiger partial charge on any atom is -0.347 e. The molecular formula is C20H20N6O4S2. The molecule has 10 nitrogen and oxygen atoms in total. The van der Waals surface area contributed by atoms with Crippen LogP contribution in [-0.2, 0) is 21.4 Å². The molecule has 1 aromatic carbocycles. The van der Waals surface area contributed by atoms with Gasteiger partial charge in [-0.2, -0.15) is 9.40 Å². The van der Waals surface area contributed by atoms with Gasteiger partial charge in [0.2, 0.25) is 21.1 Å². The van der Waals surface area contributed by atoms with Gasteiger partial charge in [0.05, 0.1) is 12.2 Å². The lowest BCUT2D eigenvalue weighted by molar-refractivity contribution is -0.120. The van der Waals surface area contributed by atoms with Gasteiger partial charge >= 0.3 is 0 Å². The average Bonchev–Trinajstić information content (AvgIpc) is 3.47. The van der Waals surface area contributed by atoms with Crippen LogP contribution in [0.25, 0.3) is 5.13 Å². The van der Waals surface area contributed by atoms with Crippen molar-refractivity contribution in [3.05, 3.63) is 53.3 Å². The molecule has 1 saturated heterocycles. The summed E-state index contributed by atoms with van der Waals surface area (Å²) in [7, 11) is -3.83. The SMILES string of the molecule is O=C(NCc1cnc(-n2cccn2)s1)c1ccc2c(c1)NC(=O)C1CCCCN1S2(=O)=O.